The summed E-state index contributed by atoms with van der Waals surface area (Å²) >= 11 is 0. The molecule has 10 heavy (non-hydrogen) atoms. The molecule has 0 saturated carbocycles. The highest BCUT2D eigenvalue weighted by Crippen LogP contribution is 1.82. The van der Waals surface area contributed by atoms with E-state index >= 15 is 0 Å². The molecule has 5 heteroatoms. The van der Waals surface area contributed by atoms with E-state index in [-0.39, 0.29) is 6.54 Å². The number of likely N-dealkylation sites (N-methyl/N-ethyl adjacent to an activating group) is 1. The Morgan fingerprint density at radius 3 is 2.70 bits per heavy atom. The Kier molecular flexibility index (Phi) is 4.61. The van der Waals surface area contributed by atoms with Crippen molar-refractivity contribution in [3.63, 3.8) is 0 Å². The number of hydrogen-bond donors (Lipinski definition) is 3. The molecular weight excluding hydrogens is 134 g/mol. The molecule has 0 bridgehead atoms. The van der Waals surface area contributed by atoms with Crippen molar-refractivity contribution in [2.45, 2.75) is 13.2 Å². The number of hydrogen-bond acceptors (Lipinski definition) is 4. The Hall–Kier alpha value is -0.810. The lowest BCUT2D eigenvalue weighted by Gasteiger charge is -2.13. The fraction of sp³-hybridized carbons (Fsp3) is 0.800. The third-order valence-electron chi connectivity index (χ3n) is 0.904. The Morgan fingerprint density at radius 1 is 1.80 bits per heavy atom. The maximum absolute atomic E-state index is 10.1. The van der Waals surface area contributed by atoms with Gasteiger partial charge in [0, 0.05) is 6.54 Å². The maximum Gasteiger partial charge on any atom is 0.406 e. The smallest absolute Gasteiger partial charge is 0.406 e. The van der Waals surface area contributed by atoms with Crippen LogP contribution >= 0.6 is 0 Å². The largest absolute Gasteiger partial charge is 0.429 e. The molecule has 0 saturated heterocycles. The Morgan fingerprint density at radius 2 is 2.40 bits per heavy atom. The minimum Gasteiger partial charge on any atom is -0.429 e. The molecule has 0 heterocycles. The highest BCUT2D eigenvalue weighted by molar-refractivity contribution is 5.64. The van der Waals surface area contributed by atoms with Crippen LogP contribution in [-0.2, 0) is 4.74 Å². The Bertz CT molecular complexity index is 107. The average molecular weight is 147 g/mol. The summed E-state index contributed by atoms with van der Waals surface area (Å²) in [5, 5.41) is 2.82. The van der Waals surface area contributed by atoms with E-state index in [2.05, 4.69) is 10.1 Å². The van der Waals surface area contributed by atoms with Gasteiger partial charge in [0.25, 0.3) is 0 Å². The summed E-state index contributed by atoms with van der Waals surface area (Å²) in [6, 6.07) is 0. The highest BCUT2D eigenvalue weighted by atomic mass is 16.6. The molecule has 0 aliphatic carbocycles. The quantitative estimate of drug-likeness (QED) is 0.444. The second-order valence-corrected chi connectivity index (χ2v) is 1.72. The van der Waals surface area contributed by atoms with Crippen LogP contribution in [0.15, 0.2) is 0 Å². The first-order valence-corrected chi connectivity index (χ1v) is 3.10. The van der Waals surface area contributed by atoms with Gasteiger partial charge in [0.15, 0.2) is 6.23 Å². The summed E-state index contributed by atoms with van der Waals surface area (Å²) in [6.07, 6.45) is -1.26. The van der Waals surface area contributed by atoms with Gasteiger partial charge in [-0.25, -0.2) is 4.79 Å². The number of nitrogens with one attached hydrogen (secondary N) is 1. The molecule has 0 radical (unpaired) electrons. The lowest BCUT2D eigenvalue weighted by atomic mass is 10.5. The van der Waals surface area contributed by atoms with Crippen molar-refractivity contribution < 1.29 is 9.53 Å². The molecule has 0 aliphatic rings. The number of carbonyl (C=O) groups is 1. The van der Waals surface area contributed by atoms with Gasteiger partial charge in [-0.3, -0.25) is 5.32 Å². The molecule has 0 aromatic rings. The second-order valence-electron chi connectivity index (χ2n) is 1.72. The number of rotatable bonds is 4. The number of primary amides is 1. The van der Waals surface area contributed by atoms with Crippen molar-refractivity contribution in [1.29, 1.82) is 0 Å². The summed E-state index contributed by atoms with van der Waals surface area (Å²) in [5.74, 6) is 0. The van der Waals surface area contributed by atoms with Crippen molar-refractivity contribution in [3.8, 4) is 0 Å². The lowest BCUT2D eigenvalue weighted by Crippen LogP contribution is -2.41. The van der Waals surface area contributed by atoms with Gasteiger partial charge < -0.3 is 16.2 Å². The third kappa shape index (κ3) is 4.11. The van der Waals surface area contributed by atoms with Crippen molar-refractivity contribution in [3.05, 3.63) is 0 Å². The highest BCUT2D eigenvalue weighted by Gasteiger charge is 2.06. The molecule has 0 rings (SSSR count). The predicted molar refractivity (Wildman–Crippen MR) is 37.2 cm³/mol. The van der Waals surface area contributed by atoms with Gasteiger partial charge in [-0.05, 0) is 6.54 Å². The SMILES string of the molecule is CCNC(CN)OC(N)=O. The molecule has 1 atom stereocenters. The van der Waals surface area contributed by atoms with Gasteiger partial charge in [-0.2, -0.15) is 0 Å². The van der Waals surface area contributed by atoms with Crippen LogP contribution in [0.4, 0.5) is 4.79 Å². The van der Waals surface area contributed by atoms with Crippen LogP contribution in [0.25, 0.3) is 0 Å². The first-order valence-electron chi connectivity index (χ1n) is 3.10. The normalized spacial score (nSPS) is 12.6. The number of ether oxygens (including phenoxy) is 1. The molecular formula is C5H13N3O2. The summed E-state index contributed by atoms with van der Waals surface area (Å²) < 4.78 is 4.54. The molecule has 0 fully saturated rings. The zero-order valence-electron chi connectivity index (χ0n) is 5.96. The first kappa shape index (κ1) is 9.19. The number of nitrogens with two attached hydrogens (primary N) is 2. The molecule has 0 aliphatic heterocycles. The summed E-state index contributed by atoms with van der Waals surface area (Å²) in [4.78, 5) is 10.1. The number of carbonyl (C=O) groups excluding carboxylic acids is 1. The van der Waals surface area contributed by atoms with Gasteiger partial charge in [-0.1, -0.05) is 6.92 Å². The second kappa shape index (κ2) is 5.01. The standard InChI is InChI=1S/C5H13N3O2/c1-2-8-4(3-6)10-5(7)9/h4,8H,2-3,6H2,1H3,(H2,7,9). The van der Waals surface area contributed by atoms with E-state index in [0.717, 1.165) is 0 Å². The van der Waals surface area contributed by atoms with Crippen molar-refractivity contribution >= 4 is 6.09 Å². The molecule has 60 valence electrons. The van der Waals surface area contributed by atoms with E-state index in [1.165, 1.54) is 0 Å². The van der Waals surface area contributed by atoms with Crippen LogP contribution in [-0.4, -0.2) is 25.4 Å². The Balaban J connectivity index is 3.49. The number of amides is 1. The fourth-order valence-corrected chi connectivity index (χ4v) is 0.541. The fourth-order valence-electron chi connectivity index (χ4n) is 0.541. The average Bonchev–Trinajstić information content (AvgIpc) is 1.86. The zero-order chi connectivity index (χ0) is 7.98. The monoisotopic (exact) mass is 147 g/mol. The van der Waals surface area contributed by atoms with Crippen LogP contribution in [0.1, 0.15) is 6.92 Å². The van der Waals surface area contributed by atoms with E-state index in [1.54, 1.807) is 0 Å². The Labute approximate surface area is 59.7 Å². The van der Waals surface area contributed by atoms with E-state index < -0.39 is 12.3 Å². The van der Waals surface area contributed by atoms with Crippen LogP contribution in [0, 0.1) is 0 Å². The van der Waals surface area contributed by atoms with Crippen LogP contribution in [0.2, 0.25) is 0 Å². The zero-order valence-corrected chi connectivity index (χ0v) is 5.96. The summed E-state index contributed by atoms with van der Waals surface area (Å²) in [7, 11) is 0. The maximum atomic E-state index is 10.1. The predicted octanol–water partition coefficient (Wildman–Crippen LogP) is -1.02. The van der Waals surface area contributed by atoms with Crippen molar-refractivity contribution in [1.82, 2.24) is 5.32 Å². The summed E-state index contributed by atoms with van der Waals surface area (Å²) in [6.45, 7) is 2.80. The lowest BCUT2D eigenvalue weighted by molar-refractivity contribution is 0.0919. The third-order valence-corrected chi connectivity index (χ3v) is 0.904. The van der Waals surface area contributed by atoms with Crippen LogP contribution < -0.4 is 16.8 Å². The summed E-state index contributed by atoms with van der Waals surface area (Å²) in [5.41, 5.74) is 9.95. The van der Waals surface area contributed by atoms with Gasteiger partial charge in [-0.15, -0.1) is 0 Å². The van der Waals surface area contributed by atoms with E-state index in [1.807, 2.05) is 6.92 Å². The van der Waals surface area contributed by atoms with Crippen LogP contribution in [0.3, 0.4) is 0 Å². The van der Waals surface area contributed by atoms with Gasteiger partial charge >= 0.3 is 6.09 Å². The molecule has 5 nitrogen and oxygen atoms in total. The van der Waals surface area contributed by atoms with Crippen molar-refractivity contribution in [2.24, 2.45) is 11.5 Å². The molecule has 5 N–H and O–H groups in total. The van der Waals surface area contributed by atoms with Gasteiger partial charge in [0.2, 0.25) is 0 Å². The molecule has 1 amide bonds. The molecule has 0 aromatic heterocycles. The molecule has 0 spiro atoms. The minimum absolute atomic E-state index is 0.233. The van der Waals surface area contributed by atoms with Gasteiger partial charge in [0.05, 0.1) is 0 Å². The van der Waals surface area contributed by atoms with E-state index in [4.69, 9.17) is 11.5 Å². The van der Waals surface area contributed by atoms with Gasteiger partial charge in [0.1, 0.15) is 0 Å². The molecule has 0 aromatic carbocycles. The van der Waals surface area contributed by atoms with Crippen LogP contribution in [0.5, 0.6) is 0 Å². The topological polar surface area (TPSA) is 90.4 Å². The van der Waals surface area contributed by atoms with Crippen molar-refractivity contribution in [2.75, 3.05) is 13.1 Å². The van der Waals surface area contributed by atoms with E-state index in [9.17, 15) is 4.79 Å². The minimum atomic E-state index is -0.809. The van der Waals surface area contributed by atoms with E-state index in [0.29, 0.717) is 6.54 Å². The molecule has 1 unspecified atom stereocenters. The first-order chi connectivity index (χ1) is 4.70.